The van der Waals surface area contributed by atoms with Gasteiger partial charge in [0.05, 0.1) is 22.6 Å². The summed E-state index contributed by atoms with van der Waals surface area (Å²) in [4.78, 5) is 10.1. The first-order valence-corrected chi connectivity index (χ1v) is 8.67. The van der Waals surface area contributed by atoms with Crippen LogP contribution in [0.1, 0.15) is 12.5 Å². The van der Waals surface area contributed by atoms with Gasteiger partial charge >= 0.3 is 0 Å². The van der Waals surface area contributed by atoms with Crippen LogP contribution in [0.15, 0.2) is 47.4 Å². The van der Waals surface area contributed by atoms with Crippen LogP contribution < -0.4 is 9.04 Å². The smallest absolute Gasteiger partial charge is 0.269 e. The zero-order valence-electron chi connectivity index (χ0n) is 13.6. The molecule has 0 amide bonds. The van der Waals surface area contributed by atoms with Gasteiger partial charge in [-0.2, -0.15) is 0 Å². The third-order valence-corrected chi connectivity index (χ3v) is 5.43. The molecule has 0 unspecified atom stereocenters. The van der Waals surface area contributed by atoms with Crippen LogP contribution in [0, 0.1) is 17.0 Å². The molecule has 0 saturated carbocycles. The minimum absolute atomic E-state index is 0.0153. The molecule has 0 fully saturated rings. The Morgan fingerprint density at radius 2 is 1.79 bits per heavy atom. The number of hydrogen-bond acceptors (Lipinski definition) is 5. The van der Waals surface area contributed by atoms with E-state index in [0.29, 0.717) is 11.4 Å². The lowest BCUT2D eigenvalue weighted by molar-refractivity contribution is -0.384. The number of nitro groups is 1. The van der Waals surface area contributed by atoms with Crippen molar-refractivity contribution in [3.05, 3.63) is 58.1 Å². The maximum absolute atomic E-state index is 12.9. The SMILES string of the molecule is CCN(c1cc(C)ccc1OC)S(=O)(=O)c1ccc([N+](=O)[O-])cc1. The fourth-order valence-corrected chi connectivity index (χ4v) is 3.81. The van der Waals surface area contributed by atoms with E-state index in [9.17, 15) is 18.5 Å². The van der Waals surface area contributed by atoms with Gasteiger partial charge in [0.15, 0.2) is 0 Å². The zero-order chi connectivity index (χ0) is 17.9. The van der Waals surface area contributed by atoms with Crippen molar-refractivity contribution in [2.75, 3.05) is 18.0 Å². The molecular formula is C16H18N2O5S. The highest BCUT2D eigenvalue weighted by Crippen LogP contribution is 2.33. The first-order valence-electron chi connectivity index (χ1n) is 7.23. The van der Waals surface area contributed by atoms with E-state index in [0.717, 1.165) is 5.56 Å². The summed E-state index contributed by atoms with van der Waals surface area (Å²) in [7, 11) is -2.39. The minimum atomic E-state index is -3.87. The summed E-state index contributed by atoms with van der Waals surface area (Å²) < 4.78 is 32.3. The van der Waals surface area contributed by atoms with Gasteiger partial charge in [-0.1, -0.05) is 6.07 Å². The Kier molecular flexibility index (Phi) is 5.08. The maximum Gasteiger partial charge on any atom is 0.269 e. The number of nitrogens with zero attached hydrogens (tertiary/aromatic N) is 2. The van der Waals surface area contributed by atoms with Crippen LogP contribution in [0.5, 0.6) is 5.75 Å². The van der Waals surface area contributed by atoms with Crippen LogP contribution in [0.25, 0.3) is 0 Å². The highest BCUT2D eigenvalue weighted by Gasteiger charge is 2.26. The largest absolute Gasteiger partial charge is 0.495 e. The molecule has 0 spiro atoms. The number of ether oxygens (including phenoxy) is 1. The normalized spacial score (nSPS) is 11.1. The zero-order valence-corrected chi connectivity index (χ0v) is 14.4. The molecular weight excluding hydrogens is 332 g/mol. The van der Waals surface area contributed by atoms with Gasteiger partial charge in [-0.05, 0) is 43.7 Å². The van der Waals surface area contributed by atoms with Gasteiger partial charge in [0.2, 0.25) is 0 Å². The molecule has 2 aromatic rings. The summed E-state index contributed by atoms with van der Waals surface area (Å²) >= 11 is 0. The van der Waals surface area contributed by atoms with Crippen molar-refractivity contribution in [1.29, 1.82) is 0 Å². The van der Waals surface area contributed by atoms with Crippen molar-refractivity contribution < 1.29 is 18.1 Å². The number of rotatable bonds is 6. The van der Waals surface area contributed by atoms with E-state index in [-0.39, 0.29) is 17.1 Å². The van der Waals surface area contributed by atoms with Gasteiger partial charge in [0.1, 0.15) is 5.75 Å². The summed E-state index contributed by atoms with van der Waals surface area (Å²) in [6.07, 6.45) is 0. The summed E-state index contributed by atoms with van der Waals surface area (Å²) in [6, 6.07) is 10.1. The Bertz CT molecular complexity index is 847. The molecule has 24 heavy (non-hydrogen) atoms. The Morgan fingerprint density at radius 1 is 1.17 bits per heavy atom. The summed E-state index contributed by atoms with van der Waals surface area (Å²) in [5, 5.41) is 10.7. The highest BCUT2D eigenvalue weighted by atomic mass is 32.2. The number of nitro benzene ring substituents is 1. The second kappa shape index (κ2) is 6.88. The van der Waals surface area contributed by atoms with Crippen LogP contribution in [0.3, 0.4) is 0 Å². The molecule has 0 aromatic heterocycles. The van der Waals surface area contributed by atoms with E-state index in [1.165, 1.54) is 35.7 Å². The molecule has 0 N–H and O–H groups in total. The van der Waals surface area contributed by atoms with Crippen molar-refractivity contribution in [1.82, 2.24) is 0 Å². The van der Waals surface area contributed by atoms with E-state index < -0.39 is 14.9 Å². The van der Waals surface area contributed by atoms with Gasteiger partial charge in [-0.25, -0.2) is 8.42 Å². The van der Waals surface area contributed by atoms with Crippen LogP contribution in [-0.2, 0) is 10.0 Å². The standard InChI is InChI=1S/C16H18N2O5S/c1-4-17(15-11-12(2)5-10-16(15)23-3)24(21,22)14-8-6-13(7-9-14)18(19)20/h5-11H,4H2,1-3H3. The molecule has 2 rings (SSSR count). The topological polar surface area (TPSA) is 89.8 Å². The van der Waals surface area contributed by atoms with E-state index in [4.69, 9.17) is 4.74 Å². The predicted octanol–water partition coefficient (Wildman–Crippen LogP) is 3.13. The number of benzene rings is 2. The minimum Gasteiger partial charge on any atom is -0.495 e. The van der Waals surface area contributed by atoms with Crippen molar-refractivity contribution >= 4 is 21.4 Å². The van der Waals surface area contributed by atoms with Gasteiger partial charge in [-0.15, -0.1) is 0 Å². The molecule has 0 heterocycles. The van der Waals surface area contributed by atoms with Crippen molar-refractivity contribution in [3.8, 4) is 5.75 Å². The third-order valence-electron chi connectivity index (χ3n) is 3.53. The lowest BCUT2D eigenvalue weighted by atomic mass is 10.2. The summed E-state index contributed by atoms with van der Waals surface area (Å²) in [5.41, 5.74) is 1.16. The van der Waals surface area contributed by atoms with E-state index in [1.807, 2.05) is 13.0 Å². The fourth-order valence-electron chi connectivity index (χ4n) is 2.33. The summed E-state index contributed by atoms with van der Waals surface area (Å²) in [5.74, 6) is 0.438. The lowest BCUT2D eigenvalue weighted by Gasteiger charge is -2.25. The number of hydrogen-bond donors (Lipinski definition) is 0. The molecule has 128 valence electrons. The van der Waals surface area contributed by atoms with Gasteiger partial charge in [-0.3, -0.25) is 14.4 Å². The number of anilines is 1. The molecule has 0 atom stereocenters. The number of non-ortho nitro benzene ring substituents is 1. The van der Waals surface area contributed by atoms with Crippen LogP contribution in [0.4, 0.5) is 11.4 Å². The van der Waals surface area contributed by atoms with E-state index in [1.54, 1.807) is 19.1 Å². The first-order chi connectivity index (χ1) is 11.3. The average Bonchev–Trinajstić information content (AvgIpc) is 2.55. The number of aryl methyl sites for hydroxylation is 1. The Hall–Kier alpha value is -2.61. The van der Waals surface area contributed by atoms with Crippen LogP contribution in [-0.4, -0.2) is 27.0 Å². The van der Waals surface area contributed by atoms with E-state index >= 15 is 0 Å². The first kappa shape index (κ1) is 17.7. The van der Waals surface area contributed by atoms with Gasteiger partial charge in [0, 0.05) is 18.7 Å². The highest BCUT2D eigenvalue weighted by molar-refractivity contribution is 7.92. The Labute approximate surface area is 140 Å². The monoisotopic (exact) mass is 350 g/mol. The molecule has 0 bridgehead atoms. The second-order valence-corrected chi connectivity index (χ2v) is 6.96. The van der Waals surface area contributed by atoms with Gasteiger partial charge in [0.25, 0.3) is 15.7 Å². The average molecular weight is 350 g/mol. The molecule has 8 heteroatoms. The van der Waals surface area contributed by atoms with Crippen molar-refractivity contribution in [2.45, 2.75) is 18.7 Å². The van der Waals surface area contributed by atoms with Crippen LogP contribution in [0.2, 0.25) is 0 Å². The molecule has 7 nitrogen and oxygen atoms in total. The predicted molar refractivity (Wildman–Crippen MR) is 91.0 cm³/mol. The molecule has 0 aliphatic heterocycles. The van der Waals surface area contributed by atoms with E-state index in [2.05, 4.69) is 0 Å². The quantitative estimate of drug-likeness (QED) is 0.590. The third kappa shape index (κ3) is 3.33. The molecule has 0 aliphatic carbocycles. The Balaban J connectivity index is 2.53. The fraction of sp³-hybridized carbons (Fsp3) is 0.250. The molecule has 0 radical (unpaired) electrons. The molecule has 0 saturated heterocycles. The number of methoxy groups -OCH3 is 1. The molecule has 0 aliphatic rings. The summed E-state index contributed by atoms with van der Waals surface area (Å²) in [6.45, 7) is 3.76. The molecule has 2 aromatic carbocycles. The maximum atomic E-state index is 12.9. The second-order valence-electron chi connectivity index (χ2n) is 5.10. The van der Waals surface area contributed by atoms with Gasteiger partial charge < -0.3 is 4.74 Å². The number of sulfonamides is 1. The van der Waals surface area contributed by atoms with Crippen molar-refractivity contribution in [2.24, 2.45) is 0 Å². The Morgan fingerprint density at radius 3 is 2.29 bits per heavy atom. The van der Waals surface area contributed by atoms with Crippen LogP contribution >= 0.6 is 0 Å². The lowest BCUT2D eigenvalue weighted by Crippen LogP contribution is -2.31. The van der Waals surface area contributed by atoms with Crippen molar-refractivity contribution in [3.63, 3.8) is 0 Å².